The van der Waals surface area contributed by atoms with Crippen molar-refractivity contribution in [3.8, 4) is 0 Å². The molecule has 86 valence electrons. The van der Waals surface area contributed by atoms with Gasteiger partial charge in [-0.1, -0.05) is 12.1 Å². The average Bonchev–Trinajstić information content (AvgIpc) is 2.26. The molecule has 0 saturated heterocycles. The molecule has 5 nitrogen and oxygen atoms in total. The summed E-state index contributed by atoms with van der Waals surface area (Å²) in [7, 11) is 1.57. The first kappa shape index (κ1) is 12.2. The third kappa shape index (κ3) is 3.06. The lowest BCUT2D eigenvalue weighted by Crippen LogP contribution is -2.35. The molecule has 1 atom stereocenters. The number of carboxylic acid groups (broad SMARTS) is 2. The maximum Gasteiger partial charge on any atom is 0.335 e. The van der Waals surface area contributed by atoms with Gasteiger partial charge in [-0.3, -0.25) is 4.79 Å². The van der Waals surface area contributed by atoms with Crippen molar-refractivity contribution < 1.29 is 19.8 Å². The predicted molar refractivity (Wildman–Crippen MR) is 57.6 cm³/mol. The van der Waals surface area contributed by atoms with E-state index in [9.17, 15) is 9.59 Å². The quantitative estimate of drug-likeness (QED) is 0.680. The minimum Gasteiger partial charge on any atom is -0.480 e. The number of hydrogen-bond acceptors (Lipinski definition) is 3. The lowest BCUT2D eigenvalue weighted by Gasteiger charge is -2.10. The summed E-state index contributed by atoms with van der Waals surface area (Å²) in [5.74, 6) is -1.92. The Hall–Kier alpha value is -1.88. The minimum atomic E-state index is -0.991. The standard InChI is InChI=1S/C11H13NO4/c1-12-9(11(15)16)6-7-2-4-8(5-3-7)10(13)14/h2-5,9,12H,6H2,1H3,(H,13,14)(H,15,16). The van der Waals surface area contributed by atoms with Crippen LogP contribution in [-0.4, -0.2) is 35.2 Å². The molecule has 1 aromatic carbocycles. The number of hydrogen-bond donors (Lipinski definition) is 3. The first-order valence-corrected chi connectivity index (χ1v) is 4.77. The molecule has 0 radical (unpaired) electrons. The van der Waals surface area contributed by atoms with Gasteiger partial charge in [-0.15, -0.1) is 0 Å². The zero-order chi connectivity index (χ0) is 12.1. The number of nitrogens with one attached hydrogen (secondary N) is 1. The van der Waals surface area contributed by atoms with Gasteiger partial charge < -0.3 is 15.5 Å². The largest absolute Gasteiger partial charge is 0.480 e. The van der Waals surface area contributed by atoms with Crippen molar-refractivity contribution in [2.75, 3.05) is 7.05 Å². The number of rotatable bonds is 5. The van der Waals surface area contributed by atoms with Crippen molar-refractivity contribution in [3.05, 3.63) is 35.4 Å². The highest BCUT2D eigenvalue weighted by atomic mass is 16.4. The van der Waals surface area contributed by atoms with E-state index in [1.807, 2.05) is 0 Å². The highest BCUT2D eigenvalue weighted by molar-refractivity contribution is 5.87. The van der Waals surface area contributed by atoms with Gasteiger partial charge in [-0.2, -0.15) is 0 Å². The van der Waals surface area contributed by atoms with Gasteiger partial charge in [0.05, 0.1) is 5.56 Å². The van der Waals surface area contributed by atoms with Crippen molar-refractivity contribution in [2.45, 2.75) is 12.5 Å². The number of aliphatic carboxylic acids is 1. The van der Waals surface area contributed by atoms with E-state index in [0.717, 1.165) is 5.56 Å². The van der Waals surface area contributed by atoms with Crippen molar-refractivity contribution in [1.82, 2.24) is 5.32 Å². The van der Waals surface area contributed by atoms with Crippen LogP contribution in [0, 0.1) is 0 Å². The van der Waals surface area contributed by atoms with E-state index in [0.29, 0.717) is 6.42 Å². The van der Waals surface area contributed by atoms with E-state index in [4.69, 9.17) is 10.2 Å². The summed E-state index contributed by atoms with van der Waals surface area (Å²) in [5, 5.41) is 20.2. The first-order valence-electron chi connectivity index (χ1n) is 4.77. The Balaban J connectivity index is 2.75. The zero-order valence-electron chi connectivity index (χ0n) is 8.80. The molecule has 0 bridgehead atoms. The Morgan fingerprint density at radius 1 is 1.25 bits per heavy atom. The second-order valence-electron chi connectivity index (χ2n) is 3.39. The molecule has 1 aromatic rings. The summed E-state index contributed by atoms with van der Waals surface area (Å²) in [6.07, 6.45) is 0.325. The van der Waals surface area contributed by atoms with Crippen molar-refractivity contribution in [3.63, 3.8) is 0 Å². The Morgan fingerprint density at radius 3 is 2.19 bits per heavy atom. The van der Waals surface area contributed by atoms with Crippen molar-refractivity contribution >= 4 is 11.9 Å². The molecule has 0 saturated carbocycles. The molecule has 0 amide bonds. The van der Waals surface area contributed by atoms with E-state index < -0.39 is 18.0 Å². The van der Waals surface area contributed by atoms with Crippen LogP contribution < -0.4 is 5.32 Å². The highest BCUT2D eigenvalue weighted by Crippen LogP contribution is 2.07. The lowest BCUT2D eigenvalue weighted by atomic mass is 10.0. The second kappa shape index (κ2) is 5.27. The fraction of sp³-hybridized carbons (Fsp3) is 0.273. The summed E-state index contributed by atoms with van der Waals surface area (Å²) >= 11 is 0. The molecule has 1 rings (SSSR count). The van der Waals surface area contributed by atoms with Crippen LogP contribution in [-0.2, 0) is 11.2 Å². The molecule has 0 heterocycles. The highest BCUT2D eigenvalue weighted by Gasteiger charge is 2.15. The van der Waals surface area contributed by atoms with Crippen LogP contribution >= 0.6 is 0 Å². The molecule has 0 aliphatic rings. The van der Waals surface area contributed by atoms with Crippen LogP contribution in [0.4, 0.5) is 0 Å². The Morgan fingerprint density at radius 2 is 1.81 bits per heavy atom. The third-order valence-electron chi connectivity index (χ3n) is 2.29. The van der Waals surface area contributed by atoms with Gasteiger partial charge in [-0.05, 0) is 31.2 Å². The molecule has 16 heavy (non-hydrogen) atoms. The average molecular weight is 223 g/mol. The predicted octanol–water partition coefficient (Wildman–Crippen LogP) is 0.600. The van der Waals surface area contributed by atoms with E-state index in [1.54, 1.807) is 19.2 Å². The summed E-state index contributed by atoms with van der Waals surface area (Å²) in [6.45, 7) is 0. The smallest absolute Gasteiger partial charge is 0.335 e. The van der Waals surface area contributed by atoms with Gasteiger partial charge in [-0.25, -0.2) is 4.79 Å². The third-order valence-corrected chi connectivity index (χ3v) is 2.29. The molecule has 0 aliphatic heterocycles. The van der Waals surface area contributed by atoms with E-state index in [2.05, 4.69) is 5.32 Å². The number of carbonyl (C=O) groups is 2. The minimum absolute atomic E-state index is 0.195. The van der Waals surface area contributed by atoms with Crippen molar-refractivity contribution in [2.24, 2.45) is 0 Å². The van der Waals surface area contributed by atoms with E-state index in [-0.39, 0.29) is 5.56 Å². The summed E-state index contributed by atoms with van der Waals surface area (Å²) in [4.78, 5) is 21.3. The number of aromatic carboxylic acids is 1. The van der Waals surface area contributed by atoms with Crippen LogP contribution in [0.15, 0.2) is 24.3 Å². The second-order valence-corrected chi connectivity index (χ2v) is 3.39. The molecule has 0 spiro atoms. The number of likely N-dealkylation sites (N-methyl/N-ethyl adjacent to an activating group) is 1. The van der Waals surface area contributed by atoms with Crippen LogP contribution in [0.1, 0.15) is 15.9 Å². The van der Waals surface area contributed by atoms with Gasteiger partial charge in [0.1, 0.15) is 6.04 Å². The van der Waals surface area contributed by atoms with Crippen molar-refractivity contribution in [1.29, 1.82) is 0 Å². The molecule has 5 heteroatoms. The maximum atomic E-state index is 10.8. The number of carboxylic acids is 2. The van der Waals surface area contributed by atoms with E-state index in [1.165, 1.54) is 12.1 Å². The molecule has 1 unspecified atom stereocenters. The van der Waals surface area contributed by atoms with Gasteiger partial charge in [0.25, 0.3) is 0 Å². The van der Waals surface area contributed by atoms with Gasteiger partial charge >= 0.3 is 11.9 Å². The van der Waals surface area contributed by atoms with E-state index >= 15 is 0 Å². The maximum absolute atomic E-state index is 10.8. The van der Waals surface area contributed by atoms with Gasteiger partial charge in [0.2, 0.25) is 0 Å². The van der Waals surface area contributed by atoms with Crippen LogP contribution in [0.5, 0.6) is 0 Å². The molecule has 0 fully saturated rings. The summed E-state index contributed by atoms with van der Waals surface area (Å²) < 4.78 is 0. The fourth-order valence-electron chi connectivity index (χ4n) is 1.33. The zero-order valence-corrected chi connectivity index (χ0v) is 8.80. The Labute approximate surface area is 92.7 Å². The van der Waals surface area contributed by atoms with Crippen LogP contribution in [0.3, 0.4) is 0 Å². The molecular formula is C11H13NO4. The number of benzene rings is 1. The Bertz CT molecular complexity index is 385. The Kier molecular flexibility index (Phi) is 4.02. The monoisotopic (exact) mass is 223 g/mol. The van der Waals surface area contributed by atoms with Crippen LogP contribution in [0.2, 0.25) is 0 Å². The lowest BCUT2D eigenvalue weighted by molar-refractivity contribution is -0.139. The molecule has 0 aromatic heterocycles. The normalized spacial score (nSPS) is 12.1. The van der Waals surface area contributed by atoms with Gasteiger partial charge in [0.15, 0.2) is 0 Å². The van der Waals surface area contributed by atoms with Gasteiger partial charge in [0, 0.05) is 0 Å². The first-order chi connectivity index (χ1) is 7.54. The molecular weight excluding hydrogens is 210 g/mol. The molecule has 0 aliphatic carbocycles. The summed E-state index contributed by atoms with van der Waals surface area (Å²) in [5.41, 5.74) is 0.979. The van der Waals surface area contributed by atoms with Crippen LogP contribution in [0.25, 0.3) is 0 Å². The fourth-order valence-corrected chi connectivity index (χ4v) is 1.33. The summed E-state index contributed by atoms with van der Waals surface area (Å²) in [6, 6.07) is 5.52. The SMILES string of the molecule is CNC(Cc1ccc(C(=O)O)cc1)C(=O)O. The topological polar surface area (TPSA) is 86.6 Å². The molecule has 3 N–H and O–H groups in total.